The van der Waals surface area contributed by atoms with Crippen LogP contribution in [-0.4, -0.2) is 75.0 Å². The summed E-state index contributed by atoms with van der Waals surface area (Å²) in [6, 6.07) is 8.99. The zero-order valence-electron chi connectivity index (χ0n) is 19.4. The zero-order valence-corrected chi connectivity index (χ0v) is 19.4. The number of methoxy groups -OCH3 is 1. The molecule has 1 aromatic heterocycles. The van der Waals surface area contributed by atoms with Crippen LogP contribution in [0, 0.1) is 5.92 Å². The maximum Gasteiger partial charge on any atom is 0.262 e. The number of anilines is 3. The molecule has 1 saturated carbocycles. The van der Waals surface area contributed by atoms with Crippen LogP contribution in [0.5, 0.6) is 11.6 Å². The fourth-order valence-corrected chi connectivity index (χ4v) is 4.39. The van der Waals surface area contributed by atoms with Gasteiger partial charge in [-0.1, -0.05) is 0 Å². The predicted molar refractivity (Wildman–Crippen MR) is 126 cm³/mol. The summed E-state index contributed by atoms with van der Waals surface area (Å²) in [7, 11) is 5.95. The van der Waals surface area contributed by atoms with E-state index in [2.05, 4.69) is 51.3 Å². The molecule has 32 heavy (non-hydrogen) atoms. The summed E-state index contributed by atoms with van der Waals surface area (Å²) in [5.41, 5.74) is 2.13. The Morgan fingerprint density at radius 1 is 1.09 bits per heavy atom. The van der Waals surface area contributed by atoms with Crippen molar-refractivity contribution in [3.05, 3.63) is 30.5 Å². The summed E-state index contributed by atoms with van der Waals surface area (Å²) in [6.45, 7) is 4.05. The second-order valence-electron chi connectivity index (χ2n) is 8.79. The lowest BCUT2D eigenvalue weighted by molar-refractivity contribution is 0.122. The minimum atomic E-state index is 0.490. The van der Waals surface area contributed by atoms with Gasteiger partial charge in [0, 0.05) is 30.5 Å². The summed E-state index contributed by atoms with van der Waals surface area (Å²) in [4.78, 5) is 13.6. The number of hydrogen-bond acceptors (Lipinski definition) is 8. The van der Waals surface area contributed by atoms with Crippen LogP contribution < -0.4 is 19.7 Å². The van der Waals surface area contributed by atoms with Crippen LogP contribution in [0.25, 0.3) is 0 Å². The molecular formula is C24H35N5O3. The van der Waals surface area contributed by atoms with Gasteiger partial charge >= 0.3 is 0 Å². The van der Waals surface area contributed by atoms with E-state index >= 15 is 0 Å². The summed E-state index contributed by atoms with van der Waals surface area (Å²) < 4.78 is 16.9. The van der Waals surface area contributed by atoms with E-state index in [4.69, 9.17) is 14.2 Å². The third kappa shape index (κ3) is 5.81. The molecule has 0 radical (unpaired) electrons. The maximum atomic E-state index is 6.09. The average molecular weight is 442 g/mol. The Hall–Kier alpha value is -2.58. The van der Waals surface area contributed by atoms with Gasteiger partial charge in [0.25, 0.3) is 5.88 Å². The van der Waals surface area contributed by atoms with Crippen LogP contribution in [0.2, 0.25) is 0 Å². The average Bonchev–Trinajstić information content (AvgIpc) is 2.84. The molecule has 8 heteroatoms. The second-order valence-corrected chi connectivity index (χ2v) is 8.79. The summed E-state index contributed by atoms with van der Waals surface area (Å²) >= 11 is 0. The third-order valence-electron chi connectivity index (χ3n) is 6.44. The molecule has 2 heterocycles. The van der Waals surface area contributed by atoms with Gasteiger partial charge in [-0.25, -0.2) is 4.98 Å². The number of benzene rings is 1. The molecule has 1 N–H and O–H groups in total. The Morgan fingerprint density at radius 2 is 1.81 bits per heavy atom. The molecule has 0 spiro atoms. The SMILES string of the molecule is COc1cnc(Nc2ccc(N3CCOCC3)cc2)nc1OC[C@H]1CC[C@H](N(C)C)CC1. The quantitative estimate of drug-likeness (QED) is 0.667. The van der Waals surface area contributed by atoms with Crippen molar-refractivity contribution in [3.8, 4) is 11.6 Å². The highest BCUT2D eigenvalue weighted by Gasteiger charge is 2.23. The molecule has 1 aliphatic carbocycles. The largest absolute Gasteiger partial charge is 0.490 e. The van der Waals surface area contributed by atoms with Crippen LogP contribution in [0.3, 0.4) is 0 Å². The van der Waals surface area contributed by atoms with Gasteiger partial charge in [0.15, 0.2) is 5.75 Å². The lowest BCUT2D eigenvalue weighted by Crippen LogP contribution is -2.36. The second kappa shape index (κ2) is 10.8. The van der Waals surface area contributed by atoms with E-state index in [1.54, 1.807) is 13.3 Å². The van der Waals surface area contributed by atoms with E-state index in [-0.39, 0.29) is 0 Å². The lowest BCUT2D eigenvalue weighted by Gasteiger charge is -2.32. The molecular weight excluding hydrogens is 406 g/mol. The van der Waals surface area contributed by atoms with Gasteiger partial charge in [0.05, 0.1) is 33.1 Å². The lowest BCUT2D eigenvalue weighted by atomic mass is 9.86. The zero-order chi connectivity index (χ0) is 22.3. The van der Waals surface area contributed by atoms with E-state index in [0.717, 1.165) is 32.0 Å². The van der Waals surface area contributed by atoms with Gasteiger partial charge in [0.2, 0.25) is 5.95 Å². The van der Waals surface area contributed by atoms with Crippen LogP contribution in [0.4, 0.5) is 17.3 Å². The van der Waals surface area contributed by atoms with Gasteiger partial charge in [-0.3, -0.25) is 0 Å². The summed E-state index contributed by atoms with van der Waals surface area (Å²) in [5, 5.41) is 3.28. The number of ether oxygens (including phenoxy) is 3. The molecule has 0 unspecified atom stereocenters. The monoisotopic (exact) mass is 441 g/mol. The van der Waals surface area contributed by atoms with E-state index in [1.165, 1.54) is 31.4 Å². The summed E-state index contributed by atoms with van der Waals surface area (Å²) in [5.74, 6) is 2.09. The van der Waals surface area contributed by atoms with Crippen molar-refractivity contribution in [2.24, 2.45) is 5.92 Å². The molecule has 1 aromatic carbocycles. The molecule has 2 fully saturated rings. The first-order chi connectivity index (χ1) is 15.6. The number of rotatable bonds is 8. The fourth-order valence-electron chi connectivity index (χ4n) is 4.39. The topological polar surface area (TPSA) is 72.0 Å². The smallest absolute Gasteiger partial charge is 0.262 e. The minimum Gasteiger partial charge on any atom is -0.490 e. The number of nitrogens with zero attached hydrogens (tertiary/aromatic N) is 4. The molecule has 4 rings (SSSR count). The predicted octanol–water partition coefficient (Wildman–Crippen LogP) is 3.56. The Morgan fingerprint density at radius 3 is 2.47 bits per heavy atom. The standard InChI is InChI=1S/C24H35N5O3/c1-28(2)20-8-4-18(5-9-20)17-32-23-22(30-3)16-25-24(27-23)26-19-6-10-21(11-7-19)29-12-14-31-15-13-29/h6-7,10-11,16,18,20H,4-5,8-9,12-15,17H2,1-3H3,(H,25,26,27)/t18-,20-. The van der Waals surface area contributed by atoms with E-state index in [1.807, 2.05) is 12.1 Å². The van der Waals surface area contributed by atoms with Crippen LogP contribution in [0.1, 0.15) is 25.7 Å². The number of morpholine rings is 1. The molecule has 8 nitrogen and oxygen atoms in total. The Balaban J connectivity index is 1.35. The van der Waals surface area contributed by atoms with Crippen LogP contribution >= 0.6 is 0 Å². The highest BCUT2D eigenvalue weighted by atomic mass is 16.5. The van der Waals surface area contributed by atoms with Crippen LogP contribution in [-0.2, 0) is 4.74 Å². The van der Waals surface area contributed by atoms with Crippen molar-refractivity contribution in [2.45, 2.75) is 31.7 Å². The highest BCUT2D eigenvalue weighted by molar-refractivity contribution is 5.60. The molecule has 2 aromatic rings. The Kier molecular flexibility index (Phi) is 7.65. The van der Waals surface area contributed by atoms with Gasteiger partial charge in [0.1, 0.15) is 0 Å². The van der Waals surface area contributed by atoms with Gasteiger partial charge < -0.3 is 29.3 Å². The van der Waals surface area contributed by atoms with E-state index < -0.39 is 0 Å². The Labute approximate surface area is 190 Å². The minimum absolute atomic E-state index is 0.490. The fraction of sp³-hybridized carbons (Fsp3) is 0.583. The van der Waals surface area contributed by atoms with Crippen molar-refractivity contribution >= 4 is 17.3 Å². The Bertz CT molecular complexity index is 847. The number of aromatic nitrogens is 2. The van der Waals surface area contributed by atoms with Crippen molar-refractivity contribution < 1.29 is 14.2 Å². The molecule has 1 aliphatic heterocycles. The van der Waals surface area contributed by atoms with E-state index in [0.29, 0.717) is 36.1 Å². The van der Waals surface area contributed by atoms with Gasteiger partial charge in [-0.05, 0) is 70.0 Å². The molecule has 174 valence electrons. The van der Waals surface area contributed by atoms with Crippen LogP contribution in [0.15, 0.2) is 30.5 Å². The highest BCUT2D eigenvalue weighted by Crippen LogP contribution is 2.30. The normalized spacial score (nSPS) is 21.4. The third-order valence-corrected chi connectivity index (χ3v) is 6.44. The molecule has 0 bridgehead atoms. The molecule has 0 atom stereocenters. The number of nitrogens with one attached hydrogen (secondary N) is 1. The van der Waals surface area contributed by atoms with Crippen molar-refractivity contribution in [1.29, 1.82) is 0 Å². The summed E-state index contributed by atoms with van der Waals surface area (Å²) in [6.07, 6.45) is 6.45. The van der Waals surface area contributed by atoms with E-state index in [9.17, 15) is 0 Å². The van der Waals surface area contributed by atoms with Crippen molar-refractivity contribution in [1.82, 2.24) is 14.9 Å². The molecule has 0 amide bonds. The van der Waals surface area contributed by atoms with Crippen molar-refractivity contribution in [3.63, 3.8) is 0 Å². The van der Waals surface area contributed by atoms with Crippen molar-refractivity contribution in [2.75, 3.05) is 64.3 Å². The number of hydrogen-bond donors (Lipinski definition) is 1. The van der Waals surface area contributed by atoms with Gasteiger partial charge in [-0.2, -0.15) is 4.98 Å². The van der Waals surface area contributed by atoms with Gasteiger partial charge in [-0.15, -0.1) is 0 Å². The maximum absolute atomic E-state index is 6.09. The molecule has 2 aliphatic rings. The first kappa shape index (κ1) is 22.6. The first-order valence-electron chi connectivity index (χ1n) is 11.5. The first-order valence-corrected chi connectivity index (χ1v) is 11.5. The molecule has 1 saturated heterocycles.